The monoisotopic (exact) mass is 335 g/mol. The summed E-state index contributed by atoms with van der Waals surface area (Å²) in [6.45, 7) is 1.41. The molecule has 9 heteroatoms. The maximum atomic E-state index is 13.1. The number of hydrogen-bond acceptors (Lipinski definition) is 6. The van der Waals surface area contributed by atoms with Crippen LogP contribution in [0.3, 0.4) is 0 Å². The Balaban J connectivity index is 1.97. The molecule has 0 amide bonds. The van der Waals surface area contributed by atoms with Gasteiger partial charge in [-0.15, -0.1) is 10.2 Å². The lowest BCUT2D eigenvalue weighted by molar-refractivity contribution is -0.153. The fourth-order valence-corrected chi connectivity index (χ4v) is 2.15. The summed E-state index contributed by atoms with van der Waals surface area (Å²) < 4.78 is 44.1. The van der Waals surface area contributed by atoms with Crippen LogP contribution < -0.4 is 11.2 Å². The second kappa shape index (κ2) is 5.84. The molecule has 124 valence electrons. The van der Waals surface area contributed by atoms with Gasteiger partial charge in [-0.25, -0.2) is 0 Å². The molecule has 0 aliphatic carbocycles. The highest BCUT2D eigenvalue weighted by Gasteiger charge is 2.41. The summed E-state index contributed by atoms with van der Waals surface area (Å²) in [6, 6.07) is 10.1. The minimum atomic E-state index is -4.67. The summed E-state index contributed by atoms with van der Waals surface area (Å²) in [4.78, 5) is 0. The van der Waals surface area contributed by atoms with Crippen LogP contribution in [0.15, 0.2) is 56.1 Å². The summed E-state index contributed by atoms with van der Waals surface area (Å²) in [5.41, 5.74) is 8.72. The smallest absolute Gasteiger partial charge is 0.450 e. The molecule has 0 spiro atoms. The molecule has 2 heterocycles. The Labute approximate surface area is 134 Å². The number of hydrazone groups is 1. The number of nitrogens with one attached hydrogen (secondary N) is 1. The Bertz CT molecular complexity index is 850. The van der Waals surface area contributed by atoms with E-state index in [-0.39, 0.29) is 28.6 Å². The molecule has 2 aromatic rings. The molecule has 1 aromatic carbocycles. The van der Waals surface area contributed by atoms with Gasteiger partial charge < -0.3 is 10.2 Å². The first-order valence-electron chi connectivity index (χ1n) is 6.85. The molecule has 1 aliphatic rings. The third-order valence-electron chi connectivity index (χ3n) is 3.16. The third-order valence-corrected chi connectivity index (χ3v) is 3.16. The van der Waals surface area contributed by atoms with Crippen molar-refractivity contribution in [2.45, 2.75) is 13.1 Å². The molecular formula is C15H12F3N5O. The van der Waals surface area contributed by atoms with Crippen molar-refractivity contribution in [3.8, 4) is 0 Å². The van der Waals surface area contributed by atoms with E-state index in [9.17, 15) is 13.2 Å². The lowest BCUT2D eigenvalue weighted by atomic mass is 10.1. The van der Waals surface area contributed by atoms with Gasteiger partial charge in [0, 0.05) is 0 Å². The number of benzene rings is 1. The maximum absolute atomic E-state index is 13.1. The van der Waals surface area contributed by atoms with Crippen LogP contribution >= 0.6 is 0 Å². The highest BCUT2D eigenvalue weighted by atomic mass is 19.4. The number of hydrogen-bond donors (Lipinski definition) is 2. The summed E-state index contributed by atoms with van der Waals surface area (Å²) >= 11 is 0. The normalized spacial score (nSPS) is 16.2. The summed E-state index contributed by atoms with van der Waals surface area (Å²) in [7, 11) is 0. The van der Waals surface area contributed by atoms with E-state index < -0.39 is 11.9 Å². The average Bonchev–Trinajstić information content (AvgIpc) is 3.09. The molecule has 24 heavy (non-hydrogen) atoms. The Morgan fingerprint density at radius 3 is 2.54 bits per heavy atom. The van der Waals surface area contributed by atoms with E-state index in [4.69, 9.17) is 10.2 Å². The van der Waals surface area contributed by atoms with Gasteiger partial charge in [-0.3, -0.25) is 5.43 Å². The SMILES string of the molecule is Cc1cc(C2=NN=C(N)/C2=N/Nc2ccccc2)c(C(F)(F)F)o1. The fourth-order valence-electron chi connectivity index (χ4n) is 2.15. The van der Waals surface area contributed by atoms with E-state index in [1.807, 2.05) is 6.07 Å². The zero-order valence-corrected chi connectivity index (χ0v) is 12.4. The van der Waals surface area contributed by atoms with Crippen LogP contribution in [0.2, 0.25) is 0 Å². The summed E-state index contributed by atoms with van der Waals surface area (Å²) in [5.74, 6) is -1.14. The molecule has 1 aliphatic heterocycles. The quantitative estimate of drug-likeness (QED) is 0.845. The number of furan rings is 1. The minimum Gasteiger partial charge on any atom is -0.456 e. The van der Waals surface area contributed by atoms with Crippen molar-refractivity contribution in [1.29, 1.82) is 0 Å². The molecule has 0 saturated carbocycles. The molecule has 0 saturated heterocycles. The number of para-hydroxylation sites is 1. The fraction of sp³-hybridized carbons (Fsp3) is 0.133. The first kappa shape index (κ1) is 15.8. The van der Waals surface area contributed by atoms with Crippen molar-refractivity contribution in [2.24, 2.45) is 21.0 Å². The topological polar surface area (TPSA) is 88.3 Å². The highest BCUT2D eigenvalue weighted by Crippen LogP contribution is 2.35. The van der Waals surface area contributed by atoms with Gasteiger partial charge in [-0.2, -0.15) is 18.3 Å². The predicted molar refractivity (Wildman–Crippen MR) is 84.1 cm³/mol. The summed E-state index contributed by atoms with van der Waals surface area (Å²) in [6.07, 6.45) is -4.67. The van der Waals surface area contributed by atoms with Crippen LogP contribution in [0.1, 0.15) is 17.1 Å². The molecule has 0 bridgehead atoms. The van der Waals surface area contributed by atoms with Gasteiger partial charge in [0.15, 0.2) is 11.5 Å². The van der Waals surface area contributed by atoms with Gasteiger partial charge in [-0.1, -0.05) is 18.2 Å². The van der Waals surface area contributed by atoms with E-state index in [1.165, 1.54) is 13.0 Å². The van der Waals surface area contributed by atoms with E-state index in [0.29, 0.717) is 5.69 Å². The largest absolute Gasteiger partial charge is 0.456 e. The van der Waals surface area contributed by atoms with Crippen molar-refractivity contribution in [3.63, 3.8) is 0 Å². The van der Waals surface area contributed by atoms with Gasteiger partial charge in [-0.05, 0) is 25.1 Å². The van der Waals surface area contributed by atoms with E-state index in [2.05, 4.69) is 20.7 Å². The Hall–Kier alpha value is -3.10. The van der Waals surface area contributed by atoms with Crippen LogP contribution in [0.4, 0.5) is 18.9 Å². The molecule has 3 N–H and O–H groups in total. The number of alkyl halides is 3. The Morgan fingerprint density at radius 1 is 1.17 bits per heavy atom. The molecule has 6 nitrogen and oxygen atoms in total. The second-order valence-electron chi connectivity index (χ2n) is 4.97. The standard InChI is InChI=1S/C15H12F3N5O/c1-8-7-10(13(24-8)15(16,17)18)11-12(14(19)23-21-11)22-20-9-5-3-2-4-6-9/h2-7,20H,1H3,(H2,19,22,23). The number of amidine groups is 1. The Kier molecular flexibility index (Phi) is 3.84. The molecule has 3 rings (SSSR count). The molecule has 0 radical (unpaired) electrons. The summed E-state index contributed by atoms with van der Waals surface area (Å²) in [5, 5.41) is 11.4. The number of nitrogens with zero attached hydrogens (tertiary/aromatic N) is 3. The van der Waals surface area contributed by atoms with Crippen LogP contribution in [-0.4, -0.2) is 17.3 Å². The molecule has 0 fully saturated rings. The second-order valence-corrected chi connectivity index (χ2v) is 4.97. The van der Waals surface area contributed by atoms with Crippen LogP contribution in [0, 0.1) is 6.92 Å². The van der Waals surface area contributed by atoms with Gasteiger partial charge in [0.05, 0.1) is 11.3 Å². The van der Waals surface area contributed by atoms with Crippen molar-refractivity contribution in [3.05, 3.63) is 53.5 Å². The molecule has 0 atom stereocenters. The highest BCUT2D eigenvalue weighted by molar-refractivity contribution is 6.72. The van der Waals surface area contributed by atoms with Crippen molar-refractivity contribution in [2.75, 3.05) is 5.43 Å². The predicted octanol–water partition coefficient (Wildman–Crippen LogP) is 3.15. The van der Waals surface area contributed by atoms with Crippen LogP contribution in [-0.2, 0) is 6.18 Å². The van der Waals surface area contributed by atoms with Crippen molar-refractivity contribution >= 4 is 22.9 Å². The average molecular weight is 335 g/mol. The Morgan fingerprint density at radius 2 is 1.88 bits per heavy atom. The van der Waals surface area contributed by atoms with E-state index in [1.54, 1.807) is 24.3 Å². The van der Waals surface area contributed by atoms with Crippen molar-refractivity contribution in [1.82, 2.24) is 0 Å². The number of nitrogens with two attached hydrogens (primary N) is 1. The number of aryl methyl sites for hydroxylation is 1. The maximum Gasteiger partial charge on any atom is 0.450 e. The van der Waals surface area contributed by atoms with Gasteiger partial charge in [0.2, 0.25) is 5.76 Å². The van der Waals surface area contributed by atoms with E-state index >= 15 is 0 Å². The first-order valence-corrected chi connectivity index (χ1v) is 6.85. The van der Waals surface area contributed by atoms with Gasteiger partial charge in [0.25, 0.3) is 0 Å². The van der Waals surface area contributed by atoms with Crippen LogP contribution in [0.5, 0.6) is 0 Å². The van der Waals surface area contributed by atoms with Crippen molar-refractivity contribution < 1.29 is 17.6 Å². The first-order chi connectivity index (χ1) is 11.4. The molecular weight excluding hydrogens is 323 g/mol. The van der Waals surface area contributed by atoms with E-state index in [0.717, 1.165) is 0 Å². The number of anilines is 1. The zero-order valence-electron chi connectivity index (χ0n) is 12.4. The molecule has 0 unspecified atom stereocenters. The number of rotatable bonds is 3. The molecule has 1 aromatic heterocycles. The zero-order chi connectivity index (χ0) is 17.3. The minimum absolute atomic E-state index is 0.0187. The van der Waals surface area contributed by atoms with Crippen LogP contribution in [0.25, 0.3) is 0 Å². The lowest BCUT2D eigenvalue weighted by Crippen LogP contribution is -2.29. The third kappa shape index (κ3) is 3.00. The van der Waals surface area contributed by atoms with Gasteiger partial charge >= 0.3 is 6.18 Å². The van der Waals surface area contributed by atoms with Gasteiger partial charge in [0.1, 0.15) is 11.5 Å². The number of halogens is 3. The lowest BCUT2D eigenvalue weighted by Gasteiger charge is -2.07.